The van der Waals surface area contributed by atoms with E-state index in [-0.39, 0.29) is 11.2 Å². The van der Waals surface area contributed by atoms with Crippen LogP contribution in [0.1, 0.15) is 12.5 Å². The van der Waals surface area contributed by atoms with Crippen molar-refractivity contribution in [3.63, 3.8) is 0 Å². The van der Waals surface area contributed by atoms with E-state index in [0.717, 1.165) is 19.8 Å². The molecular formula is C14H20FNO2. The second kappa shape index (κ2) is 5.24. The summed E-state index contributed by atoms with van der Waals surface area (Å²) >= 11 is 0. The molecule has 0 N–H and O–H groups in total. The van der Waals surface area contributed by atoms with Crippen molar-refractivity contribution in [2.75, 3.05) is 33.9 Å². The van der Waals surface area contributed by atoms with Crippen LogP contribution in [0, 0.1) is 11.2 Å². The van der Waals surface area contributed by atoms with Gasteiger partial charge in [0, 0.05) is 24.1 Å². The molecule has 0 radical (unpaired) electrons. The van der Waals surface area contributed by atoms with Gasteiger partial charge in [0.05, 0.1) is 20.3 Å². The van der Waals surface area contributed by atoms with Gasteiger partial charge >= 0.3 is 0 Å². The highest BCUT2D eigenvalue weighted by molar-refractivity contribution is 5.29. The van der Waals surface area contributed by atoms with Crippen LogP contribution in [-0.4, -0.2) is 38.8 Å². The molecule has 2 rings (SSSR count). The smallest absolute Gasteiger partial charge is 0.127 e. The lowest BCUT2D eigenvalue weighted by Crippen LogP contribution is -2.47. The van der Waals surface area contributed by atoms with Crippen molar-refractivity contribution in [1.82, 2.24) is 4.90 Å². The molecule has 1 saturated heterocycles. The summed E-state index contributed by atoms with van der Waals surface area (Å²) in [6, 6.07) is 4.85. The maximum absolute atomic E-state index is 13.7. The summed E-state index contributed by atoms with van der Waals surface area (Å²) in [5, 5.41) is 0. The van der Waals surface area contributed by atoms with E-state index in [9.17, 15) is 4.39 Å². The van der Waals surface area contributed by atoms with Gasteiger partial charge < -0.3 is 14.4 Å². The summed E-state index contributed by atoms with van der Waals surface area (Å²) in [6.45, 7) is 5.26. The summed E-state index contributed by atoms with van der Waals surface area (Å²) in [5.74, 6) is 0.510. The van der Waals surface area contributed by atoms with Crippen LogP contribution in [0.4, 0.5) is 4.39 Å². The van der Waals surface area contributed by atoms with Gasteiger partial charge in [-0.15, -0.1) is 0 Å². The van der Waals surface area contributed by atoms with Gasteiger partial charge in [0.15, 0.2) is 0 Å². The molecule has 0 unspecified atom stereocenters. The maximum atomic E-state index is 13.7. The van der Waals surface area contributed by atoms with Crippen LogP contribution in [0.25, 0.3) is 0 Å². The van der Waals surface area contributed by atoms with Gasteiger partial charge in [0.25, 0.3) is 0 Å². The van der Waals surface area contributed by atoms with E-state index in [1.54, 1.807) is 19.2 Å². The van der Waals surface area contributed by atoms with Crippen LogP contribution in [0.15, 0.2) is 18.2 Å². The molecule has 0 aromatic heterocycles. The first-order valence-corrected chi connectivity index (χ1v) is 6.11. The Kier molecular flexibility index (Phi) is 3.88. The monoisotopic (exact) mass is 253 g/mol. The highest BCUT2D eigenvalue weighted by atomic mass is 19.1. The Bertz CT molecular complexity index is 418. The fraction of sp³-hybridized carbons (Fsp3) is 0.571. The van der Waals surface area contributed by atoms with E-state index in [4.69, 9.17) is 9.47 Å². The minimum absolute atomic E-state index is 0.183. The number of ether oxygens (including phenoxy) is 2. The molecule has 0 aliphatic carbocycles. The third kappa shape index (κ3) is 3.00. The highest BCUT2D eigenvalue weighted by Crippen LogP contribution is 2.28. The quantitative estimate of drug-likeness (QED) is 0.803. The van der Waals surface area contributed by atoms with Gasteiger partial charge in [0.2, 0.25) is 0 Å². The van der Waals surface area contributed by atoms with Gasteiger partial charge in [-0.05, 0) is 25.2 Å². The summed E-state index contributed by atoms with van der Waals surface area (Å²) < 4.78 is 24.0. The standard InChI is InChI=1S/C14H20FNO2/c1-14(9-18-10-14)8-16(2)7-11-6-12(17-3)4-5-13(11)15/h4-6H,7-10H2,1-3H3. The Labute approximate surface area is 107 Å². The molecule has 1 aromatic carbocycles. The van der Waals surface area contributed by atoms with Crippen molar-refractivity contribution < 1.29 is 13.9 Å². The first-order chi connectivity index (χ1) is 8.52. The zero-order valence-corrected chi connectivity index (χ0v) is 11.2. The number of hydrogen-bond acceptors (Lipinski definition) is 3. The van der Waals surface area contributed by atoms with E-state index in [0.29, 0.717) is 17.9 Å². The van der Waals surface area contributed by atoms with Crippen molar-refractivity contribution in [1.29, 1.82) is 0 Å². The van der Waals surface area contributed by atoms with Gasteiger partial charge in [-0.1, -0.05) is 6.92 Å². The molecule has 1 aliphatic rings. The molecule has 18 heavy (non-hydrogen) atoms. The zero-order chi connectivity index (χ0) is 13.2. The molecule has 0 saturated carbocycles. The molecule has 100 valence electrons. The van der Waals surface area contributed by atoms with Gasteiger partial charge in [-0.25, -0.2) is 4.39 Å². The minimum atomic E-state index is -0.183. The number of halogens is 1. The second-order valence-corrected chi connectivity index (χ2v) is 5.43. The largest absolute Gasteiger partial charge is 0.497 e. The Balaban J connectivity index is 1.99. The van der Waals surface area contributed by atoms with Crippen LogP contribution in [0.3, 0.4) is 0 Å². The first-order valence-electron chi connectivity index (χ1n) is 6.11. The molecule has 0 bridgehead atoms. The Morgan fingerprint density at radius 2 is 2.17 bits per heavy atom. The van der Waals surface area contributed by atoms with Crippen molar-refractivity contribution in [2.24, 2.45) is 5.41 Å². The van der Waals surface area contributed by atoms with E-state index >= 15 is 0 Å². The first kappa shape index (κ1) is 13.3. The molecule has 3 nitrogen and oxygen atoms in total. The molecule has 1 heterocycles. The highest BCUT2D eigenvalue weighted by Gasteiger charge is 2.34. The van der Waals surface area contributed by atoms with E-state index in [2.05, 4.69) is 11.8 Å². The van der Waals surface area contributed by atoms with Gasteiger partial charge in [0.1, 0.15) is 11.6 Å². The lowest BCUT2D eigenvalue weighted by atomic mass is 9.88. The maximum Gasteiger partial charge on any atom is 0.127 e. The predicted molar refractivity (Wildman–Crippen MR) is 68.2 cm³/mol. The summed E-state index contributed by atoms with van der Waals surface area (Å²) in [6.07, 6.45) is 0. The molecule has 1 fully saturated rings. The Morgan fingerprint density at radius 1 is 1.44 bits per heavy atom. The average molecular weight is 253 g/mol. The molecule has 1 aliphatic heterocycles. The molecule has 4 heteroatoms. The van der Waals surface area contributed by atoms with E-state index in [1.807, 2.05) is 7.05 Å². The Hall–Kier alpha value is -1.13. The summed E-state index contributed by atoms with van der Waals surface area (Å²) in [5.41, 5.74) is 0.880. The number of rotatable bonds is 5. The van der Waals surface area contributed by atoms with Crippen LogP contribution < -0.4 is 4.74 Å². The van der Waals surface area contributed by atoms with Crippen molar-refractivity contribution in [2.45, 2.75) is 13.5 Å². The lowest BCUT2D eigenvalue weighted by Gasteiger charge is -2.40. The molecule has 0 amide bonds. The third-order valence-electron chi connectivity index (χ3n) is 3.25. The molecular weight excluding hydrogens is 233 g/mol. The fourth-order valence-electron chi connectivity index (χ4n) is 2.34. The normalized spacial score (nSPS) is 17.6. The molecule has 0 spiro atoms. The van der Waals surface area contributed by atoms with Crippen LogP contribution in [0.2, 0.25) is 0 Å². The number of hydrogen-bond donors (Lipinski definition) is 0. The van der Waals surface area contributed by atoms with Crippen molar-refractivity contribution >= 4 is 0 Å². The Morgan fingerprint density at radius 3 is 2.72 bits per heavy atom. The number of nitrogens with zero attached hydrogens (tertiary/aromatic N) is 1. The van der Waals surface area contributed by atoms with Crippen molar-refractivity contribution in [3.8, 4) is 5.75 Å². The average Bonchev–Trinajstić information content (AvgIpc) is 2.30. The topological polar surface area (TPSA) is 21.7 Å². The summed E-state index contributed by atoms with van der Waals surface area (Å²) in [7, 11) is 3.59. The second-order valence-electron chi connectivity index (χ2n) is 5.43. The van der Waals surface area contributed by atoms with Crippen LogP contribution >= 0.6 is 0 Å². The van der Waals surface area contributed by atoms with Gasteiger partial charge in [-0.3, -0.25) is 0 Å². The predicted octanol–water partition coefficient (Wildman–Crippen LogP) is 2.30. The fourth-order valence-corrected chi connectivity index (χ4v) is 2.34. The van der Waals surface area contributed by atoms with Gasteiger partial charge in [-0.2, -0.15) is 0 Å². The summed E-state index contributed by atoms with van der Waals surface area (Å²) in [4.78, 5) is 2.13. The number of benzene rings is 1. The lowest BCUT2D eigenvalue weighted by molar-refractivity contribution is -0.113. The third-order valence-corrected chi connectivity index (χ3v) is 3.25. The number of methoxy groups -OCH3 is 1. The van der Waals surface area contributed by atoms with Crippen molar-refractivity contribution in [3.05, 3.63) is 29.6 Å². The molecule has 0 atom stereocenters. The van der Waals surface area contributed by atoms with E-state index < -0.39 is 0 Å². The minimum Gasteiger partial charge on any atom is -0.497 e. The SMILES string of the molecule is COc1ccc(F)c(CN(C)CC2(C)COC2)c1. The van der Waals surface area contributed by atoms with Crippen LogP contribution in [-0.2, 0) is 11.3 Å². The zero-order valence-electron chi connectivity index (χ0n) is 11.2. The molecule has 1 aromatic rings. The van der Waals surface area contributed by atoms with E-state index in [1.165, 1.54) is 6.07 Å². The van der Waals surface area contributed by atoms with Crippen LogP contribution in [0.5, 0.6) is 5.75 Å².